The molecular weight excluding hydrogens is 210 g/mol. The van der Waals surface area contributed by atoms with Crippen LogP contribution >= 0.6 is 0 Å². The van der Waals surface area contributed by atoms with Crippen molar-refractivity contribution in [1.29, 1.82) is 0 Å². The standard InChI is InChI=1S/C10H13N3O3/c1-10(9(15)16,13-6-8(11)14)7-2-4-12-5-3-7/h2-5,13H,6H2,1H3,(H2,11,14)(H,15,16). The second-order valence-corrected chi connectivity index (χ2v) is 3.49. The van der Waals surface area contributed by atoms with Crippen LogP contribution < -0.4 is 11.1 Å². The summed E-state index contributed by atoms with van der Waals surface area (Å²) in [5, 5.41) is 11.8. The molecule has 1 unspecified atom stereocenters. The van der Waals surface area contributed by atoms with Crippen molar-refractivity contribution in [2.75, 3.05) is 6.54 Å². The minimum absolute atomic E-state index is 0.203. The fourth-order valence-corrected chi connectivity index (χ4v) is 1.25. The Balaban J connectivity index is 2.98. The first kappa shape index (κ1) is 12.1. The third-order valence-corrected chi connectivity index (χ3v) is 2.30. The molecule has 6 nitrogen and oxygen atoms in total. The molecule has 86 valence electrons. The van der Waals surface area contributed by atoms with E-state index in [0.29, 0.717) is 5.56 Å². The van der Waals surface area contributed by atoms with Gasteiger partial charge < -0.3 is 10.8 Å². The predicted molar refractivity (Wildman–Crippen MR) is 56.4 cm³/mol. The van der Waals surface area contributed by atoms with Crippen molar-refractivity contribution in [3.05, 3.63) is 30.1 Å². The van der Waals surface area contributed by atoms with E-state index < -0.39 is 17.4 Å². The Kier molecular flexibility index (Phi) is 3.57. The van der Waals surface area contributed by atoms with Crippen LogP contribution in [0.5, 0.6) is 0 Å². The van der Waals surface area contributed by atoms with Crippen LogP contribution in [0.3, 0.4) is 0 Å². The van der Waals surface area contributed by atoms with Gasteiger partial charge in [-0.05, 0) is 24.6 Å². The lowest BCUT2D eigenvalue weighted by Crippen LogP contribution is -2.49. The van der Waals surface area contributed by atoms with Crippen molar-refractivity contribution >= 4 is 11.9 Å². The Morgan fingerprint density at radius 2 is 2.06 bits per heavy atom. The number of pyridine rings is 1. The fourth-order valence-electron chi connectivity index (χ4n) is 1.25. The number of nitrogens with two attached hydrogens (primary N) is 1. The zero-order chi connectivity index (χ0) is 12.2. The molecule has 0 saturated carbocycles. The third kappa shape index (κ3) is 2.54. The Bertz CT molecular complexity index is 394. The van der Waals surface area contributed by atoms with E-state index in [9.17, 15) is 9.59 Å². The molecule has 1 rings (SSSR count). The summed E-state index contributed by atoms with van der Waals surface area (Å²) in [5.74, 6) is -1.69. The quantitative estimate of drug-likeness (QED) is 0.621. The zero-order valence-electron chi connectivity index (χ0n) is 8.80. The van der Waals surface area contributed by atoms with Gasteiger partial charge in [-0.1, -0.05) is 0 Å². The maximum absolute atomic E-state index is 11.2. The van der Waals surface area contributed by atoms with Gasteiger partial charge in [0.05, 0.1) is 6.54 Å². The highest BCUT2D eigenvalue weighted by atomic mass is 16.4. The van der Waals surface area contributed by atoms with E-state index >= 15 is 0 Å². The van der Waals surface area contributed by atoms with Crippen molar-refractivity contribution in [3.8, 4) is 0 Å². The van der Waals surface area contributed by atoms with E-state index in [2.05, 4.69) is 10.3 Å². The van der Waals surface area contributed by atoms with Gasteiger partial charge in [0.1, 0.15) is 5.54 Å². The minimum Gasteiger partial charge on any atom is -0.480 e. The molecule has 0 saturated heterocycles. The topological polar surface area (TPSA) is 105 Å². The number of hydrogen-bond acceptors (Lipinski definition) is 4. The molecule has 4 N–H and O–H groups in total. The lowest BCUT2D eigenvalue weighted by atomic mass is 9.93. The number of aliphatic carboxylic acids is 1. The molecule has 1 aromatic rings. The van der Waals surface area contributed by atoms with Crippen LogP contribution in [0, 0.1) is 0 Å². The monoisotopic (exact) mass is 223 g/mol. The van der Waals surface area contributed by atoms with Crippen molar-refractivity contribution < 1.29 is 14.7 Å². The molecule has 16 heavy (non-hydrogen) atoms. The Morgan fingerprint density at radius 3 is 2.50 bits per heavy atom. The Labute approximate surface area is 92.5 Å². The van der Waals surface area contributed by atoms with E-state index in [-0.39, 0.29) is 6.54 Å². The number of nitrogens with zero attached hydrogens (tertiary/aromatic N) is 1. The fraction of sp³-hybridized carbons (Fsp3) is 0.300. The molecule has 0 radical (unpaired) electrons. The van der Waals surface area contributed by atoms with Gasteiger partial charge in [0, 0.05) is 12.4 Å². The largest absolute Gasteiger partial charge is 0.480 e. The summed E-state index contributed by atoms with van der Waals surface area (Å²) >= 11 is 0. The van der Waals surface area contributed by atoms with E-state index in [1.54, 1.807) is 12.1 Å². The molecule has 1 heterocycles. The number of carbonyl (C=O) groups is 2. The van der Waals surface area contributed by atoms with Crippen LogP contribution in [0.25, 0.3) is 0 Å². The number of carbonyl (C=O) groups excluding carboxylic acids is 1. The predicted octanol–water partition coefficient (Wildman–Crippen LogP) is -0.544. The van der Waals surface area contributed by atoms with E-state index in [4.69, 9.17) is 10.8 Å². The highest BCUT2D eigenvalue weighted by Crippen LogP contribution is 2.19. The second kappa shape index (κ2) is 4.71. The number of rotatable bonds is 5. The van der Waals surface area contributed by atoms with E-state index in [1.807, 2.05) is 0 Å². The Hall–Kier alpha value is -1.95. The van der Waals surface area contributed by atoms with Crippen molar-refractivity contribution in [2.45, 2.75) is 12.5 Å². The first-order valence-electron chi connectivity index (χ1n) is 4.64. The normalized spacial score (nSPS) is 14.1. The molecule has 0 aromatic carbocycles. The molecule has 1 aromatic heterocycles. The molecule has 0 aliphatic rings. The van der Waals surface area contributed by atoms with Crippen LogP contribution in [-0.4, -0.2) is 28.5 Å². The molecule has 0 fully saturated rings. The number of aromatic nitrogens is 1. The highest BCUT2D eigenvalue weighted by molar-refractivity contribution is 5.82. The van der Waals surface area contributed by atoms with Gasteiger partial charge in [0.15, 0.2) is 0 Å². The smallest absolute Gasteiger partial charge is 0.328 e. The number of carboxylic acid groups (broad SMARTS) is 1. The molecular formula is C10H13N3O3. The van der Waals surface area contributed by atoms with Gasteiger partial charge in [-0.3, -0.25) is 15.1 Å². The van der Waals surface area contributed by atoms with Gasteiger partial charge in [0.2, 0.25) is 5.91 Å². The number of amides is 1. The average Bonchev–Trinajstić information content (AvgIpc) is 2.26. The van der Waals surface area contributed by atoms with Crippen molar-refractivity contribution in [3.63, 3.8) is 0 Å². The summed E-state index contributed by atoms with van der Waals surface area (Å²) < 4.78 is 0. The van der Waals surface area contributed by atoms with Gasteiger partial charge >= 0.3 is 5.97 Å². The SMILES string of the molecule is CC(NCC(N)=O)(C(=O)O)c1ccncc1. The summed E-state index contributed by atoms with van der Waals surface area (Å²) in [6.45, 7) is 1.26. The summed E-state index contributed by atoms with van der Waals surface area (Å²) in [6, 6.07) is 3.14. The van der Waals surface area contributed by atoms with E-state index in [0.717, 1.165) is 0 Å². The summed E-state index contributed by atoms with van der Waals surface area (Å²) in [5.41, 5.74) is 4.13. The van der Waals surface area contributed by atoms with Crippen LogP contribution in [0.15, 0.2) is 24.5 Å². The molecule has 0 aliphatic carbocycles. The maximum atomic E-state index is 11.2. The summed E-state index contributed by atoms with van der Waals surface area (Å²) in [7, 11) is 0. The second-order valence-electron chi connectivity index (χ2n) is 3.49. The van der Waals surface area contributed by atoms with Crippen molar-refractivity contribution in [2.24, 2.45) is 5.73 Å². The Morgan fingerprint density at radius 1 is 1.50 bits per heavy atom. The van der Waals surface area contributed by atoms with Crippen LogP contribution in [0.1, 0.15) is 12.5 Å². The third-order valence-electron chi connectivity index (χ3n) is 2.30. The van der Waals surface area contributed by atoms with Crippen molar-refractivity contribution in [1.82, 2.24) is 10.3 Å². The number of nitrogens with one attached hydrogen (secondary N) is 1. The molecule has 1 amide bonds. The number of hydrogen-bond donors (Lipinski definition) is 3. The number of carboxylic acids is 1. The maximum Gasteiger partial charge on any atom is 0.328 e. The van der Waals surface area contributed by atoms with Crippen LogP contribution in [-0.2, 0) is 15.1 Å². The van der Waals surface area contributed by atoms with Gasteiger partial charge in [-0.2, -0.15) is 0 Å². The van der Waals surface area contributed by atoms with Gasteiger partial charge in [-0.25, -0.2) is 4.79 Å². The molecule has 0 aliphatic heterocycles. The summed E-state index contributed by atoms with van der Waals surface area (Å²) in [4.78, 5) is 25.7. The molecule has 1 atom stereocenters. The summed E-state index contributed by atoms with van der Waals surface area (Å²) in [6.07, 6.45) is 2.98. The van der Waals surface area contributed by atoms with Gasteiger partial charge in [0.25, 0.3) is 0 Å². The van der Waals surface area contributed by atoms with Crippen LogP contribution in [0.4, 0.5) is 0 Å². The van der Waals surface area contributed by atoms with Crippen LogP contribution in [0.2, 0.25) is 0 Å². The first-order valence-corrected chi connectivity index (χ1v) is 4.64. The molecule has 0 spiro atoms. The number of primary amides is 1. The minimum atomic E-state index is -1.35. The average molecular weight is 223 g/mol. The van der Waals surface area contributed by atoms with Gasteiger partial charge in [-0.15, -0.1) is 0 Å². The lowest BCUT2D eigenvalue weighted by molar-refractivity contribution is -0.144. The zero-order valence-corrected chi connectivity index (χ0v) is 8.80. The molecule has 6 heteroatoms. The van der Waals surface area contributed by atoms with E-state index in [1.165, 1.54) is 19.3 Å². The highest BCUT2D eigenvalue weighted by Gasteiger charge is 2.34. The first-order chi connectivity index (χ1) is 7.47. The molecule has 0 bridgehead atoms. The lowest BCUT2D eigenvalue weighted by Gasteiger charge is -2.25.